The van der Waals surface area contributed by atoms with Crippen LogP contribution in [0.4, 0.5) is 5.69 Å². The van der Waals surface area contributed by atoms with Gasteiger partial charge in [-0.25, -0.2) is 8.42 Å². The molecule has 7 heteroatoms. The zero-order valence-corrected chi connectivity index (χ0v) is 17.2. The molecule has 1 saturated carbocycles. The lowest BCUT2D eigenvalue weighted by atomic mass is 10.1. The number of aliphatic imine (C=N–C) groups is 1. The van der Waals surface area contributed by atoms with Crippen molar-refractivity contribution >= 4 is 45.5 Å². The SMILES string of the molecule is CS(=O)(=O)C1(CN=C(N)Nc2ccc3c(c2)CCC3)CCCC1.I. The number of guanidine groups is 1. The van der Waals surface area contributed by atoms with Crippen LogP contribution in [0, 0.1) is 0 Å². The first-order valence-corrected chi connectivity index (χ1v) is 10.2. The van der Waals surface area contributed by atoms with Crippen molar-refractivity contribution in [3.8, 4) is 0 Å². The monoisotopic (exact) mass is 463 g/mol. The molecule has 24 heavy (non-hydrogen) atoms. The molecule has 0 radical (unpaired) electrons. The molecule has 0 unspecified atom stereocenters. The van der Waals surface area contributed by atoms with Crippen LogP contribution in [0.25, 0.3) is 0 Å². The maximum Gasteiger partial charge on any atom is 0.193 e. The Morgan fingerprint density at radius 1 is 1.21 bits per heavy atom. The van der Waals surface area contributed by atoms with Gasteiger partial charge < -0.3 is 11.1 Å². The van der Waals surface area contributed by atoms with Crippen LogP contribution in [0.5, 0.6) is 0 Å². The Morgan fingerprint density at radius 2 is 1.88 bits per heavy atom. The van der Waals surface area contributed by atoms with Crippen molar-refractivity contribution in [2.24, 2.45) is 10.7 Å². The highest BCUT2D eigenvalue weighted by Gasteiger charge is 2.43. The Labute approximate surface area is 161 Å². The number of anilines is 1. The highest BCUT2D eigenvalue weighted by atomic mass is 127. The smallest absolute Gasteiger partial charge is 0.193 e. The standard InChI is InChI=1S/C17H25N3O2S.HI/c1-23(21,22)17(9-2-3-10-17)12-19-16(18)20-15-8-7-13-5-4-6-14(13)11-15;/h7-8,11H,2-6,9-10,12H2,1H3,(H3,18,19,20);1H. The van der Waals surface area contributed by atoms with Gasteiger partial charge in [-0.05, 0) is 55.4 Å². The van der Waals surface area contributed by atoms with E-state index in [9.17, 15) is 8.42 Å². The third kappa shape index (κ3) is 4.04. The van der Waals surface area contributed by atoms with Crippen molar-refractivity contribution in [1.29, 1.82) is 0 Å². The Kier molecular flexibility index (Phi) is 6.17. The molecule has 134 valence electrons. The van der Waals surface area contributed by atoms with E-state index in [0.29, 0.717) is 12.8 Å². The van der Waals surface area contributed by atoms with Gasteiger partial charge in [0.1, 0.15) is 0 Å². The van der Waals surface area contributed by atoms with Crippen LogP contribution < -0.4 is 11.1 Å². The third-order valence-electron chi connectivity index (χ3n) is 5.21. The van der Waals surface area contributed by atoms with Crippen molar-refractivity contribution in [1.82, 2.24) is 0 Å². The number of nitrogens with zero attached hydrogens (tertiary/aromatic N) is 1. The van der Waals surface area contributed by atoms with Crippen LogP contribution in [0.1, 0.15) is 43.2 Å². The van der Waals surface area contributed by atoms with Crippen molar-refractivity contribution < 1.29 is 8.42 Å². The van der Waals surface area contributed by atoms with Crippen molar-refractivity contribution in [2.75, 3.05) is 18.1 Å². The summed E-state index contributed by atoms with van der Waals surface area (Å²) in [6.07, 6.45) is 8.04. The fourth-order valence-electron chi connectivity index (χ4n) is 3.73. The molecule has 0 heterocycles. The Hall–Kier alpha value is -0.830. The number of nitrogens with one attached hydrogen (secondary N) is 1. The highest BCUT2D eigenvalue weighted by molar-refractivity contribution is 14.0. The number of hydrogen-bond donors (Lipinski definition) is 2. The summed E-state index contributed by atoms with van der Waals surface area (Å²) in [5.41, 5.74) is 9.68. The molecule has 0 atom stereocenters. The van der Waals surface area contributed by atoms with Crippen molar-refractivity contribution in [3.63, 3.8) is 0 Å². The van der Waals surface area contributed by atoms with E-state index in [1.807, 2.05) is 6.07 Å². The average Bonchev–Trinajstić information content (AvgIpc) is 3.13. The van der Waals surface area contributed by atoms with Crippen molar-refractivity contribution in [2.45, 2.75) is 49.7 Å². The number of fused-ring (bicyclic) bond motifs is 1. The molecule has 3 rings (SSSR count). The lowest BCUT2D eigenvalue weighted by Crippen LogP contribution is -2.39. The van der Waals surface area contributed by atoms with Crippen LogP contribution in [-0.4, -0.2) is 31.9 Å². The maximum atomic E-state index is 12.1. The minimum absolute atomic E-state index is 0. The van der Waals surface area contributed by atoms with Crippen molar-refractivity contribution in [3.05, 3.63) is 29.3 Å². The summed E-state index contributed by atoms with van der Waals surface area (Å²) >= 11 is 0. The molecule has 0 bridgehead atoms. The maximum absolute atomic E-state index is 12.1. The average molecular weight is 463 g/mol. The number of sulfone groups is 1. The molecule has 1 fully saturated rings. The zero-order valence-electron chi connectivity index (χ0n) is 14.0. The van der Waals surface area contributed by atoms with Gasteiger partial charge in [-0.15, -0.1) is 24.0 Å². The minimum Gasteiger partial charge on any atom is -0.370 e. The van der Waals surface area contributed by atoms with E-state index >= 15 is 0 Å². The topological polar surface area (TPSA) is 84.5 Å². The summed E-state index contributed by atoms with van der Waals surface area (Å²) in [6, 6.07) is 6.26. The van der Waals surface area contributed by atoms with Crippen LogP contribution >= 0.6 is 24.0 Å². The second kappa shape index (κ2) is 7.59. The van der Waals surface area contributed by atoms with Crippen LogP contribution in [0.15, 0.2) is 23.2 Å². The molecular formula is C17H26IN3O2S. The van der Waals surface area contributed by atoms with Gasteiger partial charge >= 0.3 is 0 Å². The van der Waals surface area contributed by atoms with E-state index in [4.69, 9.17) is 5.73 Å². The molecule has 0 aromatic heterocycles. The van der Waals surface area contributed by atoms with Gasteiger partial charge in [0.05, 0.1) is 11.3 Å². The van der Waals surface area contributed by atoms with Gasteiger partial charge in [0.15, 0.2) is 15.8 Å². The molecule has 2 aliphatic carbocycles. The van der Waals surface area contributed by atoms with Crippen LogP contribution in [-0.2, 0) is 22.7 Å². The highest BCUT2D eigenvalue weighted by Crippen LogP contribution is 2.36. The summed E-state index contributed by atoms with van der Waals surface area (Å²) in [6.45, 7) is 0.246. The summed E-state index contributed by atoms with van der Waals surface area (Å²) in [4.78, 5) is 4.34. The number of rotatable bonds is 4. The fourth-order valence-corrected chi connectivity index (χ4v) is 5.06. The Morgan fingerprint density at radius 3 is 2.54 bits per heavy atom. The van der Waals surface area contributed by atoms with E-state index in [2.05, 4.69) is 22.4 Å². The molecule has 2 aliphatic rings. The van der Waals surface area contributed by atoms with Crippen LogP contribution in [0.2, 0.25) is 0 Å². The quantitative estimate of drug-likeness (QED) is 0.409. The summed E-state index contributed by atoms with van der Waals surface area (Å²) in [7, 11) is -3.13. The lowest BCUT2D eigenvalue weighted by Gasteiger charge is -2.24. The van der Waals surface area contributed by atoms with Gasteiger partial charge in [-0.1, -0.05) is 18.9 Å². The lowest BCUT2D eigenvalue weighted by molar-refractivity contribution is 0.521. The predicted molar refractivity (Wildman–Crippen MR) is 110 cm³/mol. The van der Waals surface area contributed by atoms with E-state index in [-0.39, 0.29) is 36.5 Å². The first-order valence-electron chi connectivity index (χ1n) is 8.28. The number of nitrogens with two attached hydrogens (primary N) is 1. The van der Waals surface area contributed by atoms with E-state index in [1.54, 1.807) is 0 Å². The zero-order chi connectivity index (χ0) is 16.5. The Balaban J connectivity index is 0.00000208. The fraction of sp³-hybridized carbons (Fsp3) is 0.588. The molecule has 5 nitrogen and oxygen atoms in total. The number of aryl methyl sites for hydroxylation is 2. The van der Waals surface area contributed by atoms with Gasteiger partial charge in [0.2, 0.25) is 0 Å². The van der Waals surface area contributed by atoms with Gasteiger partial charge in [0, 0.05) is 11.9 Å². The molecule has 1 aromatic rings. The van der Waals surface area contributed by atoms with Crippen LogP contribution in [0.3, 0.4) is 0 Å². The van der Waals surface area contributed by atoms with Gasteiger partial charge in [-0.2, -0.15) is 0 Å². The molecular weight excluding hydrogens is 437 g/mol. The minimum atomic E-state index is -3.13. The number of hydrogen-bond acceptors (Lipinski definition) is 3. The molecule has 0 spiro atoms. The number of halogens is 1. The largest absolute Gasteiger partial charge is 0.370 e. The molecule has 3 N–H and O–H groups in total. The molecule has 1 aromatic carbocycles. The molecule has 0 amide bonds. The normalized spacial score (nSPS) is 19.6. The molecule has 0 aliphatic heterocycles. The van der Waals surface area contributed by atoms with E-state index < -0.39 is 14.6 Å². The number of benzene rings is 1. The third-order valence-corrected chi connectivity index (χ3v) is 7.32. The van der Waals surface area contributed by atoms with E-state index in [0.717, 1.165) is 31.4 Å². The summed E-state index contributed by atoms with van der Waals surface area (Å²) < 4.78 is 23.5. The summed E-state index contributed by atoms with van der Waals surface area (Å²) in [5, 5.41) is 3.10. The first-order chi connectivity index (χ1) is 10.9. The Bertz CT molecular complexity index is 725. The summed E-state index contributed by atoms with van der Waals surface area (Å²) in [5.74, 6) is 0.290. The van der Waals surface area contributed by atoms with Gasteiger partial charge in [-0.3, -0.25) is 4.99 Å². The predicted octanol–water partition coefficient (Wildman–Crippen LogP) is 2.88. The second-order valence-electron chi connectivity index (χ2n) is 6.83. The first kappa shape index (κ1) is 19.5. The van der Waals surface area contributed by atoms with Gasteiger partial charge in [0.25, 0.3) is 0 Å². The second-order valence-corrected chi connectivity index (χ2v) is 9.24. The molecule has 0 saturated heterocycles. The van der Waals surface area contributed by atoms with E-state index in [1.165, 1.54) is 23.8 Å².